The first kappa shape index (κ1) is 15.0. The lowest BCUT2D eigenvalue weighted by molar-refractivity contribution is -0.0893. The third-order valence-electron chi connectivity index (χ3n) is 2.79. The average molecular weight is 293 g/mol. The molecule has 2 rings (SSSR count). The second-order valence-corrected chi connectivity index (χ2v) is 4.32. The molecule has 2 nitrogen and oxygen atoms in total. The Balaban J connectivity index is 2.27. The van der Waals surface area contributed by atoms with Crippen LogP contribution in [0.4, 0.5) is 18.9 Å². The molecule has 0 saturated carbocycles. The highest BCUT2D eigenvalue weighted by atomic mass is 19.4. The van der Waals surface area contributed by atoms with E-state index in [1.54, 1.807) is 42.5 Å². The number of rotatable bonds is 4. The molecule has 1 N–H and O–H groups in total. The summed E-state index contributed by atoms with van der Waals surface area (Å²) in [6, 6.07) is 14.6. The lowest BCUT2D eigenvalue weighted by Crippen LogP contribution is -2.18. The normalized spacial score (nSPS) is 12.1. The van der Waals surface area contributed by atoms with Gasteiger partial charge in [-0.1, -0.05) is 30.3 Å². The Labute approximate surface area is 120 Å². The molecule has 0 saturated heterocycles. The van der Waals surface area contributed by atoms with E-state index in [1.807, 2.05) is 0 Å². The summed E-state index contributed by atoms with van der Waals surface area (Å²) in [5.41, 5.74) is 0.00000892. The van der Waals surface area contributed by atoms with Gasteiger partial charge in [-0.15, -0.1) is 0 Å². The van der Waals surface area contributed by atoms with Gasteiger partial charge in [0.15, 0.2) is 0 Å². The SMILES string of the molecule is COc1ccc(NC(=Cc2ccccc2)C(F)(F)F)cc1. The van der Waals surface area contributed by atoms with Gasteiger partial charge >= 0.3 is 6.18 Å². The van der Waals surface area contributed by atoms with Crippen molar-refractivity contribution in [3.63, 3.8) is 0 Å². The molecule has 0 unspecified atom stereocenters. The maximum Gasteiger partial charge on any atom is 0.431 e. The minimum absolute atomic E-state index is 0.343. The molecule has 0 heterocycles. The van der Waals surface area contributed by atoms with Crippen molar-refractivity contribution in [3.05, 3.63) is 65.9 Å². The topological polar surface area (TPSA) is 21.3 Å². The summed E-state index contributed by atoms with van der Waals surface area (Å²) in [6.45, 7) is 0. The van der Waals surface area contributed by atoms with Crippen LogP contribution in [0.1, 0.15) is 5.56 Å². The molecule has 0 radical (unpaired) electrons. The second-order valence-electron chi connectivity index (χ2n) is 4.32. The first-order valence-corrected chi connectivity index (χ1v) is 6.24. The van der Waals surface area contributed by atoms with E-state index < -0.39 is 11.9 Å². The van der Waals surface area contributed by atoms with Crippen LogP contribution in [0, 0.1) is 0 Å². The minimum atomic E-state index is -4.46. The van der Waals surface area contributed by atoms with Gasteiger partial charge in [-0.3, -0.25) is 0 Å². The lowest BCUT2D eigenvalue weighted by atomic mass is 10.2. The first-order valence-electron chi connectivity index (χ1n) is 6.24. The Morgan fingerprint density at radius 1 is 1.00 bits per heavy atom. The Morgan fingerprint density at radius 2 is 1.62 bits per heavy atom. The average Bonchev–Trinajstić information content (AvgIpc) is 2.47. The Hall–Kier alpha value is -2.43. The number of ether oxygens (including phenoxy) is 1. The second kappa shape index (κ2) is 6.35. The molecule has 0 atom stereocenters. The largest absolute Gasteiger partial charge is 0.497 e. The molecule has 0 bridgehead atoms. The molecule has 0 aliphatic rings. The number of benzene rings is 2. The van der Waals surface area contributed by atoms with E-state index >= 15 is 0 Å². The van der Waals surface area contributed by atoms with Gasteiger partial charge in [0.1, 0.15) is 11.4 Å². The van der Waals surface area contributed by atoms with Gasteiger partial charge in [0.2, 0.25) is 0 Å². The number of allylic oxidation sites excluding steroid dienone is 1. The zero-order chi connectivity index (χ0) is 15.3. The highest BCUT2D eigenvalue weighted by molar-refractivity contribution is 5.61. The van der Waals surface area contributed by atoms with Gasteiger partial charge in [-0.25, -0.2) is 0 Å². The molecule has 21 heavy (non-hydrogen) atoms. The highest BCUT2D eigenvalue weighted by Gasteiger charge is 2.33. The Morgan fingerprint density at radius 3 is 2.14 bits per heavy atom. The highest BCUT2D eigenvalue weighted by Crippen LogP contribution is 2.29. The van der Waals surface area contributed by atoms with E-state index in [2.05, 4.69) is 5.32 Å². The molecular formula is C16H14F3NO. The van der Waals surface area contributed by atoms with Gasteiger partial charge in [-0.2, -0.15) is 13.2 Å². The van der Waals surface area contributed by atoms with Crippen molar-refractivity contribution in [2.45, 2.75) is 6.18 Å². The third kappa shape index (κ3) is 4.27. The van der Waals surface area contributed by atoms with Crippen molar-refractivity contribution in [3.8, 4) is 5.75 Å². The number of anilines is 1. The van der Waals surface area contributed by atoms with Crippen molar-refractivity contribution in [1.29, 1.82) is 0 Å². The summed E-state index contributed by atoms with van der Waals surface area (Å²) in [7, 11) is 1.50. The zero-order valence-electron chi connectivity index (χ0n) is 11.3. The van der Waals surface area contributed by atoms with E-state index in [0.29, 0.717) is 17.0 Å². The standard InChI is InChI=1S/C16H14F3NO/c1-21-14-9-7-13(8-10-14)20-15(16(17,18)19)11-12-5-3-2-4-6-12/h2-11,20H,1H3. The van der Waals surface area contributed by atoms with Crippen LogP contribution in [0.5, 0.6) is 5.75 Å². The van der Waals surface area contributed by atoms with Crippen LogP contribution in [0.2, 0.25) is 0 Å². The number of hydrogen-bond donors (Lipinski definition) is 1. The quantitative estimate of drug-likeness (QED) is 0.881. The molecular weight excluding hydrogens is 279 g/mol. The molecule has 2 aromatic carbocycles. The molecule has 0 spiro atoms. The molecule has 0 aliphatic heterocycles. The summed E-state index contributed by atoms with van der Waals surface area (Å²) in [6.07, 6.45) is -3.39. The lowest BCUT2D eigenvalue weighted by Gasteiger charge is -2.15. The van der Waals surface area contributed by atoms with Crippen molar-refractivity contribution < 1.29 is 17.9 Å². The molecule has 0 fully saturated rings. The maximum atomic E-state index is 13.1. The fraction of sp³-hybridized carbons (Fsp3) is 0.125. The molecule has 110 valence electrons. The van der Waals surface area contributed by atoms with Gasteiger partial charge in [0, 0.05) is 5.69 Å². The van der Waals surface area contributed by atoms with E-state index in [4.69, 9.17) is 4.74 Å². The van der Waals surface area contributed by atoms with E-state index in [1.165, 1.54) is 19.2 Å². The third-order valence-corrected chi connectivity index (χ3v) is 2.79. The van der Waals surface area contributed by atoms with Crippen LogP contribution in [0.3, 0.4) is 0 Å². The van der Waals surface area contributed by atoms with E-state index in [9.17, 15) is 13.2 Å². The van der Waals surface area contributed by atoms with Crippen LogP contribution in [0.25, 0.3) is 6.08 Å². The van der Waals surface area contributed by atoms with Crippen LogP contribution in [0.15, 0.2) is 60.3 Å². The van der Waals surface area contributed by atoms with Crippen LogP contribution in [-0.2, 0) is 0 Å². The summed E-state index contributed by atoms with van der Waals surface area (Å²) < 4.78 is 44.2. The molecule has 0 amide bonds. The van der Waals surface area contributed by atoms with E-state index in [0.717, 1.165) is 6.08 Å². The van der Waals surface area contributed by atoms with Gasteiger partial charge in [0.25, 0.3) is 0 Å². The molecule has 0 aliphatic carbocycles. The molecule has 5 heteroatoms. The maximum absolute atomic E-state index is 13.1. The number of hydrogen-bond acceptors (Lipinski definition) is 2. The van der Waals surface area contributed by atoms with Crippen molar-refractivity contribution >= 4 is 11.8 Å². The predicted octanol–water partition coefficient (Wildman–Crippen LogP) is 4.71. The minimum Gasteiger partial charge on any atom is -0.497 e. The molecule has 2 aromatic rings. The van der Waals surface area contributed by atoms with Gasteiger partial charge in [0.05, 0.1) is 7.11 Å². The number of nitrogens with one attached hydrogen (secondary N) is 1. The fourth-order valence-electron chi connectivity index (χ4n) is 1.73. The van der Waals surface area contributed by atoms with Crippen LogP contribution >= 0.6 is 0 Å². The number of methoxy groups -OCH3 is 1. The summed E-state index contributed by atoms with van der Waals surface area (Å²) in [5.74, 6) is 0.584. The van der Waals surface area contributed by atoms with E-state index in [-0.39, 0.29) is 0 Å². The molecule has 0 aromatic heterocycles. The first-order chi connectivity index (χ1) is 9.99. The predicted molar refractivity (Wildman–Crippen MR) is 77.1 cm³/mol. The zero-order valence-corrected chi connectivity index (χ0v) is 11.3. The number of halogens is 3. The Bertz CT molecular complexity index is 604. The van der Waals surface area contributed by atoms with Crippen LogP contribution in [-0.4, -0.2) is 13.3 Å². The monoisotopic (exact) mass is 293 g/mol. The summed E-state index contributed by atoms with van der Waals surface area (Å²) >= 11 is 0. The smallest absolute Gasteiger partial charge is 0.431 e. The van der Waals surface area contributed by atoms with Gasteiger partial charge < -0.3 is 10.1 Å². The fourth-order valence-corrected chi connectivity index (χ4v) is 1.73. The summed E-state index contributed by atoms with van der Waals surface area (Å²) in [5, 5.41) is 2.40. The van der Waals surface area contributed by atoms with Crippen molar-refractivity contribution in [2.75, 3.05) is 12.4 Å². The van der Waals surface area contributed by atoms with Gasteiger partial charge in [-0.05, 0) is 35.9 Å². The number of alkyl halides is 3. The summed E-state index contributed by atoms with van der Waals surface area (Å²) in [4.78, 5) is 0. The van der Waals surface area contributed by atoms with Crippen LogP contribution < -0.4 is 10.1 Å². The Kier molecular flexibility index (Phi) is 4.52. The van der Waals surface area contributed by atoms with Crippen molar-refractivity contribution in [1.82, 2.24) is 0 Å². The van der Waals surface area contributed by atoms with Crippen molar-refractivity contribution in [2.24, 2.45) is 0 Å².